The third-order valence-electron chi connectivity index (χ3n) is 4.10. The number of nitrogens with one attached hydrogen (secondary N) is 1. The summed E-state index contributed by atoms with van der Waals surface area (Å²) >= 11 is 0. The summed E-state index contributed by atoms with van der Waals surface area (Å²) in [4.78, 5) is 40.2. The van der Waals surface area contributed by atoms with E-state index in [1.165, 1.54) is 19.9 Å². The molecule has 1 atom stereocenters. The molecule has 1 unspecified atom stereocenters. The average molecular weight is 446 g/mol. The van der Waals surface area contributed by atoms with Gasteiger partial charge < -0.3 is 19.5 Å². The predicted octanol–water partition coefficient (Wildman–Crippen LogP) is 3.38. The fourth-order valence-electron chi connectivity index (χ4n) is 2.89. The number of hydrogen-bond donors (Lipinski definition) is 1. The zero-order chi connectivity index (χ0) is 23.6. The van der Waals surface area contributed by atoms with Crippen LogP contribution < -0.4 is 5.32 Å². The minimum Gasteiger partial charge on any atom is -0.444 e. The van der Waals surface area contributed by atoms with E-state index >= 15 is 0 Å². The molecule has 0 saturated carbocycles. The van der Waals surface area contributed by atoms with Gasteiger partial charge in [0.25, 0.3) is 5.79 Å². The summed E-state index contributed by atoms with van der Waals surface area (Å²) in [5, 5.41) is 2.55. The minimum absolute atomic E-state index is 0.00909. The molecule has 31 heavy (non-hydrogen) atoms. The number of alkyl carbamates (subject to hydrolysis) is 1. The Kier molecular flexibility index (Phi) is 6.87. The van der Waals surface area contributed by atoms with E-state index in [4.69, 9.17) is 14.2 Å². The number of cyclic esters (lactones) is 2. The Morgan fingerprint density at radius 2 is 1.77 bits per heavy atom. The predicted molar refractivity (Wildman–Crippen MR) is 100 cm³/mol. The van der Waals surface area contributed by atoms with Crippen molar-refractivity contribution in [3.8, 4) is 0 Å². The van der Waals surface area contributed by atoms with E-state index in [0.717, 1.165) is 12.3 Å². The average Bonchev–Trinajstić information content (AvgIpc) is 2.55. The van der Waals surface area contributed by atoms with Crippen LogP contribution in [0.5, 0.6) is 0 Å². The molecule has 1 aromatic rings. The number of carbonyl (C=O) groups is 3. The molecule has 2 heterocycles. The van der Waals surface area contributed by atoms with Crippen LogP contribution in [-0.2, 0) is 36.4 Å². The lowest BCUT2D eigenvalue weighted by atomic mass is 9.94. The summed E-state index contributed by atoms with van der Waals surface area (Å²) < 4.78 is 53.6. The number of aromatic nitrogens is 1. The van der Waals surface area contributed by atoms with E-state index in [0.29, 0.717) is 5.56 Å². The first-order valence-electron chi connectivity index (χ1n) is 9.53. The van der Waals surface area contributed by atoms with Crippen LogP contribution in [0.25, 0.3) is 0 Å². The molecule has 1 aliphatic rings. The molecule has 1 amide bonds. The molecule has 0 aromatic carbocycles. The standard InChI is InChI=1S/C20H25F3N2O6/c1-18(2,3)31-17(28)25-12(8-11-6-7-14(24-10-11)20(21,22)23)9-13-15(26)29-19(4,5)30-16(13)27/h6-7,10,12-13H,8-9H2,1-5H3,(H,25,28). The quantitative estimate of drug-likeness (QED) is 0.546. The van der Waals surface area contributed by atoms with Crippen molar-refractivity contribution in [2.45, 2.75) is 71.1 Å². The van der Waals surface area contributed by atoms with Crippen LogP contribution >= 0.6 is 0 Å². The van der Waals surface area contributed by atoms with Crippen molar-refractivity contribution in [2.75, 3.05) is 0 Å². The van der Waals surface area contributed by atoms with E-state index in [-0.39, 0.29) is 12.8 Å². The van der Waals surface area contributed by atoms with Crippen LogP contribution in [0.4, 0.5) is 18.0 Å². The number of carbonyl (C=O) groups excluding carboxylic acids is 3. The Hall–Kier alpha value is -2.85. The van der Waals surface area contributed by atoms with Crippen LogP contribution in [-0.4, -0.2) is 40.4 Å². The van der Waals surface area contributed by atoms with Crippen molar-refractivity contribution in [3.63, 3.8) is 0 Å². The SMILES string of the molecule is CC(C)(C)OC(=O)NC(Cc1ccc(C(F)(F)F)nc1)CC1C(=O)OC(C)(C)OC1=O. The van der Waals surface area contributed by atoms with Gasteiger partial charge in [0.05, 0.1) is 0 Å². The van der Waals surface area contributed by atoms with Gasteiger partial charge in [0.2, 0.25) is 0 Å². The lowest BCUT2D eigenvalue weighted by Gasteiger charge is -2.34. The van der Waals surface area contributed by atoms with Crippen molar-refractivity contribution in [1.29, 1.82) is 0 Å². The molecule has 1 fully saturated rings. The first-order valence-corrected chi connectivity index (χ1v) is 9.53. The van der Waals surface area contributed by atoms with E-state index < -0.39 is 53.2 Å². The summed E-state index contributed by atoms with van der Waals surface area (Å²) in [6, 6.07) is 1.17. The molecule has 0 aliphatic carbocycles. The molecule has 0 radical (unpaired) electrons. The van der Waals surface area contributed by atoms with E-state index in [1.807, 2.05) is 0 Å². The molecule has 1 aliphatic heterocycles. The maximum absolute atomic E-state index is 12.7. The second-order valence-electron chi connectivity index (χ2n) is 8.63. The van der Waals surface area contributed by atoms with Gasteiger partial charge in [0.15, 0.2) is 5.92 Å². The molecule has 1 saturated heterocycles. The highest BCUT2D eigenvalue weighted by Gasteiger charge is 2.44. The molecule has 0 bridgehead atoms. The number of alkyl halides is 3. The van der Waals surface area contributed by atoms with E-state index in [9.17, 15) is 27.6 Å². The van der Waals surface area contributed by atoms with Gasteiger partial charge in [-0.1, -0.05) is 6.07 Å². The van der Waals surface area contributed by atoms with Crippen molar-refractivity contribution in [1.82, 2.24) is 10.3 Å². The van der Waals surface area contributed by atoms with Crippen LogP contribution in [0.1, 0.15) is 52.3 Å². The Morgan fingerprint density at radius 3 is 2.23 bits per heavy atom. The summed E-state index contributed by atoms with van der Waals surface area (Å²) in [5.74, 6) is -4.35. The normalized spacial score (nSPS) is 18.1. The minimum atomic E-state index is -4.59. The van der Waals surface area contributed by atoms with Crippen molar-refractivity contribution in [3.05, 3.63) is 29.6 Å². The maximum Gasteiger partial charge on any atom is 0.433 e. The second kappa shape index (κ2) is 8.72. The second-order valence-corrected chi connectivity index (χ2v) is 8.63. The highest BCUT2D eigenvalue weighted by molar-refractivity contribution is 5.96. The van der Waals surface area contributed by atoms with Crippen molar-refractivity contribution < 1.29 is 41.8 Å². The Balaban J connectivity index is 2.19. The fraction of sp³-hybridized carbons (Fsp3) is 0.600. The smallest absolute Gasteiger partial charge is 0.433 e. The van der Waals surface area contributed by atoms with Crippen molar-refractivity contribution in [2.24, 2.45) is 5.92 Å². The van der Waals surface area contributed by atoms with Crippen LogP contribution in [0.15, 0.2) is 18.3 Å². The van der Waals surface area contributed by atoms with Gasteiger partial charge in [-0.15, -0.1) is 0 Å². The van der Waals surface area contributed by atoms with Gasteiger partial charge in [-0.25, -0.2) is 4.79 Å². The van der Waals surface area contributed by atoms with Gasteiger partial charge >= 0.3 is 24.2 Å². The van der Waals surface area contributed by atoms with Gasteiger partial charge in [0.1, 0.15) is 11.3 Å². The number of pyridine rings is 1. The molecule has 1 aromatic heterocycles. The molecule has 2 rings (SSSR count). The first-order chi connectivity index (χ1) is 14.1. The highest BCUT2D eigenvalue weighted by atomic mass is 19.4. The van der Waals surface area contributed by atoms with Crippen molar-refractivity contribution >= 4 is 18.0 Å². The summed E-state index contributed by atoms with van der Waals surface area (Å²) in [5.41, 5.74) is -1.52. The zero-order valence-corrected chi connectivity index (χ0v) is 17.8. The number of amides is 1. The summed E-state index contributed by atoms with van der Waals surface area (Å²) in [7, 11) is 0. The third-order valence-corrected chi connectivity index (χ3v) is 4.10. The van der Waals surface area contributed by atoms with Gasteiger partial charge in [0, 0.05) is 26.1 Å². The Morgan fingerprint density at radius 1 is 1.19 bits per heavy atom. The topological polar surface area (TPSA) is 104 Å². The lowest BCUT2D eigenvalue weighted by molar-refractivity contribution is -0.240. The van der Waals surface area contributed by atoms with Gasteiger partial charge in [-0.2, -0.15) is 13.2 Å². The number of nitrogens with zero attached hydrogens (tertiary/aromatic N) is 1. The molecular weight excluding hydrogens is 421 g/mol. The molecule has 8 nitrogen and oxygen atoms in total. The monoisotopic (exact) mass is 446 g/mol. The zero-order valence-electron chi connectivity index (χ0n) is 17.8. The summed E-state index contributed by atoms with van der Waals surface area (Å²) in [6.45, 7) is 7.77. The molecule has 0 spiro atoms. The van der Waals surface area contributed by atoms with Crippen LogP contribution in [0.3, 0.4) is 0 Å². The number of rotatable bonds is 5. The number of halogens is 3. The largest absolute Gasteiger partial charge is 0.444 e. The number of ether oxygens (including phenoxy) is 3. The maximum atomic E-state index is 12.7. The number of hydrogen-bond acceptors (Lipinski definition) is 7. The Labute approximate surface area is 177 Å². The number of esters is 2. The van der Waals surface area contributed by atoms with Crippen LogP contribution in [0, 0.1) is 5.92 Å². The van der Waals surface area contributed by atoms with Gasteiger partial charge in [-0.3, -0.25) is 14.6 Å². The molecular formula is C20H25F3N2O6. The highest BCUT2D eigenvalue weighted by Crippen LogP contribution is 2.29. The lowest BCUT2D eigenvalue weighted by Crippen LogP contribution is -2.49. The molecule has 11 heteroatoms. The first kappa shape index (κ1) is 24.4. The fourth-order valence-corrected chi connectivity index (χ4v) is 2.89. The van der Waals surface area contributed by atoms with E-state index in [2.05, 4.69) is 10.3 Å². The Bertz CT molecular complexity index is 811. The molecule has 1 N–H and O–H groups in total. The third kappa shape index (κ3) is 7.41. The van der Waals surface area contributed by atoms with Crippen LogP contribution in [0.2, 0.25) is 0 Å². The molecule has 172 valence electrons. The van der Waals surface area contributed by atoms with Gasteiger partial charge in [-0.05, 0) is 45.2 Å². The summed E-state index contributed by atoms with van der Waals surface area (Å²) in [6.07, 6.45) is -4.59. The van der Waals surface area contributed by atoms with E-state index in [1.54, 1.807) is 20.8 Å².